The van der Waals surface area contributed by atoms with Crippen molar-refractivity contribution in [3.63, 3.8) is 0 Å². The van der Waals surface area contributed by atoms with Crippen LogP contribution in [0.3, 0.4) is 0 Å². The normalized spacial score (nSPS) is 27.3. The summed E-state index contributed by atoms with van der Waals surface area (Å²) in [5, 5.41) is 10.5. The molecule has 3 rings (SSSR count). The molecule has 2 atom stereocenters. The summed E-state index contributed by atoms with van der Waals surface area (Å²) in [7, 11) is 0. The van der Waals surface area contributed by atoms with Gasteiger partial charge in [-0.05, 0) is 49.5 Å². The third-order valence-electron chi connectivity index (χ3n) is 5.78. The van der Waals surface area contributed by atoms with Crippen LogP contribution in [0.5, 0.6) is 0 Å². The van der Waals surface area contributed by atoms with E-state index in [1.165, 1.54) is 49.8 Å². The molecule has 0 radical (unpaired) electrons. The van der Waals surface area contributed by atoms with Gasteiger partial charge in [-0.2, -0.15) is 0 Å². The molecule has 0 spiro atoms. The van der Waals surface area contributed by atoms with Crippen LogP contribution in [0.4, 0.5) is 0 Å². The molecule has 1 N–H and O–H groups in total. The van der Waals surface area contributed by atoms with Gasteiger partial charge < -0.3 is 9.67 Å². The molecule has 2 aliphatic rings. The fourth-order valence-corrected chi connectivity index (χ4v) is 4.74. The highest BCUT2D eigenvalue weighted by molar-refractivity contribution is 5.30. The van der Waals surface area contributed by atoms with Gasteiger partial charge in [-0.1, -0.05) is 40.0 Å². The molecular formula is C19H31NO. The van der Waals surface area contributed by atoms with Gasteiger partial charge in [0.25, 0.3) is 0 Å². The summed E-state index contributed by atoms with van der Waals surface area (Å²) < 4.78 is 2.54. The van der Waals surface area contributed by atoms with Gasteiger partial charge >= 0.3 is 0 Å². The third-order valence-corrected chi connectivity index (χ3v) is 5.78. The minimum atomic E-state index is -0.270. The second kappa shape index (κ2) is 5.79. The van der Waals surface area contributed by atoms with Crippen molar-refractivity contribution < 1.29 is 5.11 Å². The molecule has 1 aromatic rings. The first-order valence-electron chi connectivity index (χ1n) is 8.89. The average Bonchev–Trinajstić information content (AvgIpc) is 2.84. The van der Waals surface area contributed by atoms with E-state index in [-0.39, 0.29) is 11.5 Å². The van der Waals surface area contributed by atoms with Gasteiger partial charge in [0.1, 0.15) is 0 Å². The molecule has 2 aliphatic carbocycles. The molecule has 1 saturated carbocycles. The first-order chi connectivity index (χ1) is 10.0. The van der Waals surface area contributed by atoms with E-state index in [1.807, 2.05) is 0 Å². The summed E-state index contributed by atoms with van der Waals surface area (Å²) in [6.07, 6.45) is 12.2. The first kappa shape index (κ1) is 15.1. The maximum Gasteiger partial charge on any atom is 0.0812 e. The van der Waals surface area contributed by atoms with Crippen LogP contribution in [-0.2, 0) is 6.42 Å². The van der Waals surface area contributed by atoms with Crippen LogP contribution in [0.25, 0.3) is 0 Å². The molecule has 2 heteroatoms. The molecule has 0 bridgehead atoms. The lowest BCUT2D eigenvalue weighted by Gasteiger charge is -2.37. The maximum atomic E-state index is 10.5. The molecule has 2 nitrogen and oxygen atoms in total. The van der Waals surface area contributed by atoms with Gasteiger partial charge in [-0.15, -0.1) is 0 Å². The van der Waals surface area contributed by atoms with E-state index in [1.54, 1.807) is 0 Å². The van der Waals surface area contributed by atoms with Crippen molar-refractivity contribution in [3.05, 3.63) is 23.5 Å². The average molecular weight is 289 g/mol. The second-order valence-corrected chi connectivity index (χ2v) is 8.06. The summed E-state index contributed by atoms with van der Waals surface area (Å²) in [4.78, 5) is 0. The SMILES string of the molecule is CCC(C1CCCCC1)n1ccc2c1CC(C)(C)CC2O. The largest absolute Gasteiger partial charge is 0.388 e. The highest BCUT2D eigenvalue weighted by Gasteiger charge is 2.35. The lowest BCUT2D eigenvalue weighted by molar-refractivity contribution is 0.0961. The molecule has 0 aliphatic heterocycles. The van der Waals surface area contributed by atoms with E-state index in [9.17, 15) is 5.11 Å². The predicted molar refractivity (Wildman–Crippen MR) is 87.4 cm³/mol. The van der Waals surface area contributed by atoms with E-state index in [4.69, 9.17) is 0 Å². The zero-order chi connectivity index (χ0) is 15.0. The van der Waals surface area contributed by atoms with Crippen molar-refractivity contribution in [2.24, 2.45) is 11.3 Å². The monoisotopic (exact) mass is 289 g/mol. The number of aromatic nitrogens is 1. The minimum absolute atomic E-state index is 0.216. The van der Waals surface area contributed by atoms with E-state index in [0.717, 1.165) is 18.8 Å². The second-order valence-electron chi connectivity index (χ2n) is 8.06. The van der Waals surface area contributed by atoms with Gasteiger partial charge in [0, 0.05) is 23.5 Å². The van der Waals surface area contributed by atoms with Crippen molar-refractivity contribution in [1.82, 2.24) is 4.57 Å². The van der Waals surface area contributed by atoms with E-state index < -0.39 is 0 Å². The van der Waals surface area contributed by atoms with E-state index in [2.05, 4.69) is 37.6 Å². The fourth-order valence-electron chi connectivity index (χ4n) is 4.74. The van der Waals surface area contributed by atoms with Crippen LogP contribution in [-0.4, -0.2) is 9.67 Å². The number of nitrogens with zero attached hydrogens (tertiary/aromatic N) is 1. The molecule has 1 aromatic heterocycles. The first-order valence-corrected chi connectivity index (χ1v) is 8.89. The van der Waals surface area contributed by atoms with Crippen molar-refractivity contribution in [3.8, 4) is 0 Å². The molecule has 2 unspecified atom stereocenters. The van der Waals surface area contributed by atoms with E-state index >= 15 is 0 Å². The molecule has 0 amide bonds. The zero-order valence-electron chi connectivity index (χ0n) is 13.9. The zero-order valence-corrected chi connectivity index (χ0v) is 13.9. The Kier molecular flexibility index (Phi) is 4.18. The molecule has 21 heavy (non-hydrogen) atoms. The highest BCUT2D eigenvalue weighted by atomic mass is 16.3. The summed E-state index contributed by atoms with van der Waals surface area (Å²) in [5.74, 6) is 0.836. The van der Waals surface area contributed by atoms with Crippen LogP contribution in [0.2, 0.25) is 0 Å². The number of aliphatic hydroxyl groups excluding tert-OH is 1. The van der Waals surface area contributed by atoms with Gasteiger partial charge in [0.15, 0.2) is 0 Å². The Morgan fingerprint density at radius 2 is 2.00 bits per heavy atom. The maximum absolute atomic E-state index is 10.5. The molecule has 0 aromatic carbocycles. The van der Waals surface area contributed by atoms with Crippen LogP contribution in [0.1, 0.15) is 89.1 Å². The standard InChI is InChI=1S/C19H31NO/c1-4-16(14-8-6-5-7-9-14)20-11-10-15-17(20)12-19(2,3)13-18(15)21/h10-11,14,16,18,21H,4-9,12-13H2,1-3H3. The molecular weight excluding hydrogens is 258 g/mol. The Morgan fingerprint density at radius 3 is 2.67 bits per heavy atom. The topological polar surface area (TPSA) is 25.2 Å². The number of aliphatic hydroxyl groups is 1. The Labute approximate surface area is 129 Å². The van der Waals surface area contributed by atoms with Crippen LogP contribution >= 0.6 is 0 Å². The van der Waals surface area contributed by atoms with Crippen LogP contribution in [0, 0.1) is 11.3 Å². The number of hydrogen-bond acceptors (Lipinski definition) is 1. The molecule has 0 saturated heterocycles. The summed E-state index contributed by atoms with van der Waals surface area (Å²) in [6.45, 7) is 6.91. The Morgan fingerprint density at radius 1 is 1.29 bits per heavy atom. The fraction of sp³-hybridized carbons (Fsp3) is 0.789. The molecule has 1 fully saturated rings. The van der Waals surface area contributed by atoms with Crippen LogP contribution in [0.15, 0.2) is 12.3 Å². The Balaban J connectivity index is 1.91. The van der Waals surface area contributed by atoms with Crippen molar-refractivity contribution in [1.29, 1.82) is 0 Å². The van der Waals surface area contributed by atoms with Gasteiger partial charge in [0.05, 0.1) is 6.10 Å². The Hall–Kier alpha value is -0.760. The van der Waals surface area contributed by atoms with Gasteiger partial charge in [-0.25, -0.2) is 0 Å². The van der Waals surface area contributed by atoms with Gasteiger partial charge in [-0.3, -0.25) is 0 Å². The smallest absolute Gasteiger partial charge is 0.0812 e. The van der Waals surface area contributed by atoms with Crippen molar-refractivity contribution >= 4 is 0 Å². The van der Waals surface area contributed by atoms with Crippen LogP contribution < -0.4 is 0 Å². The Bertz CT molecular complexity index is 482. The van der Waals surface area contributed by atoms with Gasteiger partial charge in [0.2, 0.25) is 0 Å². The molecule has 118 valence electrons. The summed E-state index contributed by atoms with van der Waals surface area (Å²) >= 11 is 0. The number of rotatable bonds is 3. The lowest BCUT2D eigenvalue weighted by Crippen LogP contribution is -2.29. The summed E-state index contributed by atoms with van der Waals surface area (Å²) in [5.41, 5.74) is 2.83. The number of hydrogen-bond donors (Lipinski definition) is 1. The number of fused-ring (bicyclic) bond motifs is 1. The third kappa shape index (κ3) is 2.92. The molecule has 1 heterocycles. The quantitative estimate of drug-likeness (QED) is 0.830. The van der Waals surface area contributed by atoms with Crippen molar-refractivity contribution in [2.75, 3.05) is 0 Å². The highest BCUT2D eigenvalue weighted by Crippen LogP contribution is 2.44. The lowest BCUT2D eigenvalue weighted by atomic mass is 9.75. The van der Waals surface area contributed by atoms with Crippen molar-refractivity contribution in [2.45, 2.75) is 84.3 Å². The van der Waals surface area contributed by atoms with E-state index in [0.29, 0.717) is 6.04 Å². The predicted octanol–water partition coefficient (Wildman–Crippen LogP) is 5.03. The minimum Gasteiger partial charge on any atom is -0.388 e. The summed E-state index contributed by atoms with van der Waals surface area (Å²) in [6, 6.07) is 2.82.